The smallest absolute Gasteiger partial charge is 0.254 e. The zero-order chi connectivity index (χ0) is 13.1. The predicted molar refractivity (Wildman–Crippen MR) is 69.8 cm³/mol. The number of amides is 1. The van der Waals surface area contributed by atoms with Crippen molar-refractivity contribution in [2.45, 2.75) is 32.6 Å². The first-order valence-corrected chi connectivity index (χ1v) is 6.41. The van der Waals surface area contributed by atoms with E-state index < -0.39 is 5.82 Å². The minimum Gasteiger partial charge on any atom is -0.399 e. The molecule has 1 aliphatic rings. The molecule has 98 valence electrons. The number of halogens is 1. The Hall–Kier alpha value is -1.58. The molecule has 0 aliphatic heterocycles. The summed E-state index contributed by atoms with van der Waals surface area (Å²) in [5.74, 6) is -0.304. The number of anilines is 1. The number of carbonyl (C=O) groups excluding carboxylic acids is 1. The molecule has 0 heterocycles. The highest BCUT2D eigenvalue weighted by Gasteiger charge is 2.18. The second kappa shape index (κ2) is 5.38. The molecule has 0 atom stereocenters. The van der Waals surface area contributed by atoms with E-state index in [0.29, 0.717) is 23.7 Å². The Balaban J connectivity index is 2.04. The van der Waals surface area contributed by atoms with E-state index in [-0.39, 0.29) is 11.5 Å². The lowest BCUT2D eigenvalue weighted by Crippen LogP contribution is -2.29. The molecule has 1 aromatic rings. The first kappa shape index (κ1) is 12.9. The van der Waals surface area contributed by atoms with E-state index in [0.717, 1.165) is 12.8 Å². The minimum atomic E-state index is -0.479. The first-order chi connectivity index (χ1) is 8.58. The van der Waals surface area contributed by atoms with Crippen molar-refractivity contribution in [3.63, 3.8) is 0 Å². The average Bonchev–Trinajstić information content (AvgIpc) is 2.83. The molecule has 0 spiro atoms. The van der Waals surface area contributed by atoms with Gasteiger partial charge in [-0.3, -0.25) is 4.79 Å². The monoisotopic (exact) mass is 250 g/mol. The Morgan fingerprint density at radius 1 is 1.44 bits per heavy atom. The van der Waals surface area contributed by atoms with Crippen molar-refractivity contribution in [1.29, 1.82) is 0 Å². The SMILES string of the molecule is Cc1cc(N)cc(C(=O)NCC2CCCC2)c1F. The van der Waals surface area contributed by atoms with Crippen molar-refractivity contribution in [2.24, 2.45) is 5.92 Å². The number of aryl methyl sites for hydroxylation is 1. The van der Waals surface area contributed by atoms with Gasteiger partial charge in [-0.05, 0) is 43.4 Å². The second-order valence-electron chi connectivity index (χ2n) is 5.06. The van der Waals surface area contributed by atoms with Crippen LogP contribution in [0.15, 0.2) is 12.1 Å². The summed E-state index contributed by atoms with van der Waals surface area (Å²) in [5, 5.41) is 2.80. The van der Waals surface area contributed by atoms with Crippen molar-refractivity contribution >= 4 is 11.6 Å². The van der Waals surface area contributed by atoms with Gasteiger partial charge >= 0.3 is 0 Å². The summed E-state index contributed by atoms with van der Waals surface area (Å²) in [5.41, 5.74) is 6.50. The molecule has 1 aromatic carbocycles. The van der Waals surface area contributed by atoms with Crippen LogP contribution in [0.1, 0.15) is 41.6 Å². The summed E-state index contributed by atoms with van der Waals surface area (Å²) < 4.78 is 13.8. The minimum absolute atomic E-state index is 0.0468. The maximum absolute atomic E-state index is 13.8. The lowest BCUT2D eigenvalue weighted by molar-refractivity contribution is 0.0943. The van der Waals surface area contributed by atoms with Crippen LogP contribution in [0.3, 0.4) is 0 Å². The Labute approximate surface area is 107 Å². The van der Waals surface area contributed by atoms with Gasteiger partial charge in [0.25, 0.3) is 5.91 Å². The van der Waals surface area contributed by atoms with E-state index in [2.05, 4.69) is 5.32 Å². The number of hydrogen-bond donors (Lipinski definition) is 2. The van der Waals surface area contributed by atoms with Crippen LogP contribution >= 0.6 is 0 Å². The van der Waals surface area contributed by atoms with E-state index >= 15 is 0 Å². The van der Waals surface area contributed by atoms with Crippen LogP contribution in [-0.4, -0.2) is 12.5 Å². The van der Waals surface area contributed by atoms with Gasteiger partial charge in [0.15, 0.2) is 0 Å². The van der Waals surface area contributed by atoms with Gasteiger partial charge in [0.2, 0.25) is 0 Å². The van der Waals surface area contributed by atoms with Crippen LogP contribution in [0, 0.1) is 18.7 Å². The molecule has 0 bridgehead atoms. The summed E-state index contributed by atoms with van der Waals surface area (Å²) >= 11 is 0. The second-order valence-corrected chi connectivity index (χ2v) is 5.06. The van der Waals surface area contributed by atoms with Crippen molar-refractivity contribution < 1.29 is 9.18 Å². The van der Waals surface area contributed by atoms with Gasteiger partial charge in [-0.2, -0.15) is 0 Å². The number of hydrogen-bond acceptors (Lipinski definition) is 2. The molecular formula is C14H19FN2O. The zero-order valence-corrected chi connectivity index (χ0v) is 10.6. The molecule has 3 nitrogen and oxygen atoms in total. The summed E-state index contributed by atoms with van der Waals surface area (Å²) in [6.45, 7) is 2.24. The van der Waals surface area contributed by atoms with Gasteiger partial charge in [0.05, 0.1) is 5.56 Å². The number of nitrogens with two attached hydrogens (primary N) is 1. The molecule has 1 aliphatic carbocycles. The highest BCUT2D eigenvalue weighted by Crippen LogP contribution is 2.24. The zero-order valence-electron chi connectivity index (χ0n) is 10.6. The molecule has 0 saturated heterocycles. The van der Waals surface area contributed by atoms with Crippen LogP contribution in [0.4, 0.5) is 10.1 Å². The third-order valence-electron chi connectivity index (χ3n) is 3.55. The van der Waals surface area contributed by atoms with E-state index in [1.54, 1.807) is 6.92 Å². The Morgan fingerprint density at radius 3 is 2.78 bits per heavy atom. The normalized spacial score (nSPS) is 15.9. The summed E-state index contributed by atoms with van der Waals surface area (Å²) in [6, 6.07) is 2.93. The molecule has 0 aromatic heterocycles. The third-order valence-corrected chi connectivity index (χ3v) is 3.55. The van der Waals surface area contributed by atoms with Gasteiger partial charge in [0.1, 0.15) is 5.82 Å². The fourth-order valence-corrected chi connectivity index (χ4v) is 2.51. The average molecular weight is 250 g/mol. The summed E-state index contributed by atoms with van der Waals surface area (Å²) in [7, 11) is 0. The van der Waals surface area contributed by atoms with Crippen LogP contribution in [-0.2, 0) is 0 Å². The van der Waals surface area contributed by atoms with Crippen molar-refractivity contribution in [1.82, 2.24) is 5.32 Å². The van der Waals surface area contributed by atoms with Crippen LogP contribution in [0.2, 0.25) is 0 Å². The van der Waals surface area contributed by atoms with Gasteiger partial charge in [0, 0.05) is 12.2 Å². The van der Waals surface area contributed by atoms with Crippen molar-refractivity contribution in [3.05, 3.63) is 29.1 Å². The highest BCUT2D eigenvalue weighted by molar-refractivity contribution is 5.95. The van der Waals surface area contributed by atoms with Gasteiger partial charge in [-0.1, -0.05) is 12.8 Å². The predicted octanol–water partition coefficient (Wildman–Crippen LogP) is 2.64. The van der Waals surface area contributed by atoms with E-state index in [1.165, 1.54) is 25.0 Å². The molecule has 1 fully saturated rings. The molecule has 2 rings (SSSR count). The molecule has 3 N–H and O–H groups in total. The Bertz CT molecular complexity index is 453. The van der Waals surface area contributed by atoms with Crippen molar-refractivity contribution in [2.75, 3.05) is 12.3 Å². The lowest BCUT2D eigenvalue weighted by atomic mass is 10.1. The van der Waals surface area contributed by atoms with Crippen LogP contribution in [0.5, 0.6) is 0 Å². The van der Waals surface area contributed by atoms with Crippen LogP contribution < -0.4 is 11.1 Å². The number of carbonyl (C=O) groups is 1. The molecule has 4 heteroatoms. The number of rotatable bonds is 3. The third kappa shape index (κ3) is 2.81. The van der Waals surface area contributed by atoms with Gasteiger partial charge in [-0.15, -0.1) is 0 Å². The lowest BCUT2D eigenvalue weighted by Gasteiger charge is -2.12. The Kier molecular flexibility index (Phi) is 3.84. The first-order valence-electron chi connectivity index (χ1n) is 6.41. The number of nitrogen functional groups attached to an aromatic ring is 1. The number of nitrogens with one attached hydrogen (secondary N) is 1. The highest BCUT2D eigenvalue weighted by atomic mass is 19.1. The van der Waals surface area contributed by atoms with E-state index in [9.17, 15) is 9.18 Å². The Morgan fingerprint density at radius 2 is 2.11 bits per heavy atom. The van der Waals surface area contributed by atoms with Crippen molar-refractivity contribution in [3.8, 4) is 0 Å². The standard InChI is InChI=1S/C14H19FN2O/c1-9-6-11(16)7-12(13(9)15)14(18)17-8-10-4-2-3-5-10/h6-7,10H,2-5,8,16H2,1H3,(H,17,18). The maximum atomic E-state index is 13.8. The molecule has 1 saturated carbocycles. The van der Waals surface area contributed by atoms with E-state index in [1.807, 2.05) is 0 Å². The largest absolute Gasteiger partial charge is 0.399 e. The molecule has 1 amide bonds. The fraction of sp³-hybridized carbons (Fsp3) is 0.500. The quantitative estimate of drug-likeness (QED) is 0.810. The molecule has 0 radical (unpaired) electrons. The summed E-state index contributed by atoms with van der Waals surface area (Å²) in [4.78, 5) is 11.9. The summed E-state index contributed by atoms with van der Waals surface area (Å²) in [6.07, 6.45) is 4.76. The molecule has 0 unspecified atom stereocenters. The van der Waals surface area contributed by atoms with Gasteiger partial charge in [-0.25, -0.2) is 4.39 Å². The molecule has 18 heavy (non-hydrogen) atoms. The van der Waals surface area contributed by atoms with E-state index in [4.69, 9.17) is 5.73 Å². The molecular weight excluding hydrogens is 231 g/mol. The van der Waals surface area contributed by atoms with Gasteiger partial charge < -0.3 is 11.1 Å². The number of benzene rings is 1. The fourth-order valence-electron chi connectivity index (χ4n) is 2.51. The maximum Gasteiger partial charge on any atom is 0.254 e. The van der Waals surface area contributed by atoms with Crippen LogP contribution in [0.25, 0.3) is 0 Å². The topological polar surface area (TPSA) is 55.1 Å².